The quantitative estimate of drug-likeness (QED) is 0.722. The summed E-state index contributed by atoms with van der Waals surface area (Å²) in [5, 5.41) is 14.7. The summed E-state index contributed by atoms with van der Waals surface area (Å²) in [5.74, 6) is -0.238. The molecule has 23 heavy (non-hydrogen) atoms. The number of nitrogens with two attached hydrogens (primary N) is 1. The second-order valence-electron chi connectivity index (χ2n) is 4.97. The third-order valence-corrected chi connectivity index (χ3v) is 4.01. The Bertz CT molecular complexity index is 669. The molecule has 0 saturated heterocycles. The van der Waals surface area contributed by atoms with Gasteiger partial charge >= 0.3 is 6.03 Å². The van der Waals surface area contributed by atoms with E-state index in [0.29, 0.717) is 17.2 Å². The molecule has 8 heteroatoms. The van der Waals surface area contributed by atoms with Gasteiger partial charge in [-0.25, -0.2) is 4.79 Å². The highest BCUT2D eigenvalue weighted by atomic mass is 32.1. The number of urea groups is 1. The highest BCUT2D eigenvalue weighted by molar-refractivity contribution is 7.15. The van der Waals surface area contributed by atoms with E-state index in [9.17, 15) is 9.59 Å². The van der Waals surface area contributed by atoms with Crippen molar-refractivity contribution in [2.45, 2.75) is 32.7 Å². The van der Waals surface area contributed by atoms with Gasteiger partial charge in [-0.3, -0.25) is 10.1 Å². The number of nitrogens with zero attached hydrogens (tertiary/aromatic N) is 2. The topological polar surface area (TPSA) is 110 Å². The molecule has 1 aromatic heterocycles. The summed E-state index contributed by atoms with van der Waals surface area (Å²) < 4.78 is 0. The highest BCUT2D eigenvalue weighted by Gasteiger charge is 2.10. The lowest BCUT2D eigenvalue weighted by Crippen LogP contribution is -2.28. The third kappa shape index (κ3) is 5.33. The van der Waals surface area contributed by atoms with Gasteiger partial charge in [0.05, 0.1) is 0 Å². The maximum absolute atomic E-state index is 12.2. The van der Waals surface area contributed by atoms with E-state index in [0.717, 1.165) is 29.8 Å². The summed E-state index contributed by atoms with van der Waals surface area (Å²) in [4.78, 5) is 22.8. The molecule has 1 aromatic carbocycles. The van der Waals surface area contributed by atoms with Crippen molar-refractivity contribution in [3.05, 3.63) is 40.4 Å². The second kappa shape index (κ2) is 8.23. The minimum atomic E-state index is -0.582. The summed E-state index contributed by atoms with van der Waals surface area (Å²) in [6.07, 6.45) is 3.03. The number of hydrogen-bond donors (Lipinski definition) is 3. The number of unbranched alkanes of at least 4 members (excludes halogenated alkanes) is 1. The van der Waals surface area contributed by atoms with Crippen molar-refractivity contribution in [3.63, 3.8) is 0 Å². The van der Waals surface area contributed by atoms with Gasteiger partial charge in [-0.15, -0.1) is 10.2 Å². The molecule has 1 heterocycles. The van der Waals surface area contributed by atoms with E-state index in [-0.39, 0.29) is 5.91 Å². The lowest BCUT2D eigenvalue weighted by atomic mass is 10.1. The van der Waals surface area contributed by atoms with Gasteiger partial charge in [0, 0.05) is 18.5 Å². The summed E-state index contributed by atoms with van der Waals surface area (Å²) in [6.45, 7) is 2.45. The van der Waals surface area contributed by atoms with Crippen LogP contribution in [-0.4, -0.2) is 22.1 Å². The molecule has 0 saturated carbocycles. The summed E-state index contributed by atoms with van der Waals surface area (Å²) in [5.41, 5.74) is 6.38. The maximum Gasteiger partial charge on any atom is 0.312 e. The third-order valence-electron chi connectivity index (χ3n) is 3.11. The maximum atomic E-state index is 12.2. The van der Waals surface area contributed by atoms with Crippen LogP contribution in [0.5, 0.6) is 0 Å². The molecule has 0 aliphatic carbocycles. The Morgan fingerprint density at radius 3 is 2.61 bits per heavy atom. The Balaban J connectivity index is 1.92. The van der Waals surface area contributed by atoms with Gasteiger partial charge in [-0.1, -0.05) is 36.8 Å². The Hall–Kier alpha value is -2.48. The molecule has 0 aliphatic heterocycles. The molecule has 0 unspecified atom stereocenters. The number of aromatic nitrogens is 2. The predicted octanol–water partition coefficient (Wildman–Crippen LogP) is 2.30. The first-order valence-corrected chi connectivity index (χ1v) is 8.16. The smallest absolute Gasteiger partial charge is 0.312 e. The van der Waals surface area contributed by atoms with Gasteiger partial charge in [-0.05, 0) is 24.1 Å². The van der Waals surface area contributed by atoms with Crippen LogP contribution in [0.25, 0.3) is 0 Å². The fourth-order valence-corrected chi connectivity index (χ4v) is 2.64. The van der Waals surface area contributed by atoms with E-state index >= 15 is 0 Å². The van der Waals surface area contributed by atoms with Crippen molar-refractivity contribution in [2.24, 2.45) is 5.73 Å². The number of rotatable bonds is 7. The Morgan fingerprint density at radius 2 is 1.96 bits per heavy atom. The monoisotopic (exact) mass is 333 g/mol. The minimum Gasteiger partial charge on any atom is -0.352 e. The SMILES string of the molecule is CCCCc1nnc(NC(=O)c2ccc(CNC(N)=O)cc2)s1. The van der Waals surface area contributed by atoms with Gasteiger partial charge < -0.3 is 11.1 Å². The zero-order valence-electron chi connectivity index (χ0n) is 12.8. The van der Waals surface area contributed by atoms with Crippen LogP contribution in [0.1, 0.15) is 40.7 Å². The summed E-state index contributed by atoms with van der Waals surface area (Å²) >= 11 is 1.39. The number of amides is 3. The molecular weight excluding hydrogens is 314 g/mol. The van der Waals surface area contributed by atoms with Crippen molar-refractivity contribution in [3.8, 4) is 0 Å². The zero-order valence-corrected chi connectivity index (χ0v) is 13.7. The molecule has 7 nitrogen and oxygen atoms in total. The van der Waals surface area contributed by atoms with Crippen LogP contribution in [-0.2, 0) is 13.0 Å². The number of aryl methyl sites for hydroxylation is 1. The standard InChI is InChI=1S/C15H19N5O2S/c1-2-3-4-12-19-20-15(23-12)18-13(21)11-7-5-10(6-8-11)9-17-14(16)22/h5-8H,2-4,9H2,1H3,(H3,16,17,22)(H,18,20,21). The van der Waals surface area contributed by atoms with Crippen LogP contribution >= 0.6 is 11.3 Å². The molecule has 2 rings (SSSR count). The van der Waals surface area contributed by atoms with Crippen LogP contribution in [0.15, 0.2) is 24.3 Å². The van der Waals surface area contributed by atoms with E-state index in [2.05, 4.69) is 27.8 Å². The number of nitrogens with one attached hydrogen (secondary N) is 2. The van der Waals surface area contributed by atoms with E-state index < -0.39 is 6.03 Å². The van der Waals surface area contributed by atoms with Crippen molar-refractivity contribution in [1.29, 1.82) is 0 Å². The molecule has 3 amide bonds. The fourth-order valence-electron chi connectivity index (χ4n) is 1.87. The normalized spacial score (nSPS) is 10.3. The molecule has 4 N–H and O–H groups in total. The van der Waals surface area contributed by atoms with E-state index in [1.54, 1.807) is 24.3 Å². The second-order valence-corrected chi connectivity index (χ2v) is 6.04. The van der Waals surface area contributed by atoms with Gasteiger partial charge in [-0.2, -0.15) is 0 Å². The van der Waals surface area contributed by atoms with E-state index in [1.165, 1.54) is 11.3 Å². The van der Waals surface area contributed by atoms with Crippen LogP contribution in [0, 0.1) is 0 Å². The summed E-state index contributed by atoms with van der Waals surface area (Å²) in [6, 6.07) is 6.32. The van der Waals surface area contributed by atoms with Crippen LogP contribution in [0.3, 0.4) is 0 Å². The van der Waals surface area contributed by atoms with Gasteiger partial charge in [0.25, 0.3) is 5.91 Å². The van der Waals surface area contributed by atoms with Gasteiger partial charge in [0.2, 0.25) is 5.13 Å². The van der Waals surface area contributed by atoms with Crippen LogP contribution in [0.4, 0.5) is 9.93 Å². The van der Waals surface area contributed by atoms with E-state index in [4.69, 9.17) is 5.73 Å². The van der Waals surface area contributed by atoms with Gasteiger partial charge in [0.15, 0.2) is 0 Å². The summed E-state index contributed by atoms with van der Waals surface area (Å²) in [7, 11) is 0. The Morgan fingerprint density at radius 1 is 1.22 bits per heavy atom. The minimum absolute atomic E-state index is 0.238. The molecule has 0 spiro atoms. The molecule has 0 atom stereocenters. The number of benzene rings is 1. The van der Waals surface area contributed by atoms with E-state index in [1.807, 2.05) is 0 Å². The Labute approximate surface area is 138 Å². The molecule has 2 aromatic rings. The Kier molecular flexibility index (Phi) is 6.04. The van der Waals surface area contributed by atoms with Crippen LogP contribution < -0.4 is 16.4 Å². The molecule has 0 radical (unpaired) electrons. The number of primary amides is 1. The fraction of sp³-hybridized carbons (Fsp3) is 0.333. The lowest BCUT2D eigenvalue weighted by Gasteiger charge is -2.04. The van der Waals surface area contributed by atoms with Crippen molar-refractivity contribution in [2.75, 3.05) is 5.32 Å². The first-order valence-electron chi connectivity index (χ1n) is 7.34. The number of carbonyl (C=O) groups excluding carboxylic acids is 2. The lowest BCUT2D eigenvalue weighted by molar-refractivity contribution is 0.102. The van der Waals surface area contributed by atoms with Crippen molar-refractivity contribution < 1.29 is 9.59 Å². The first kappa shape index (κ1) is 16.9. The molecule has 0 fully saturated rings. The number of carbonyl (C=O) groups is 2. The number of hydrogen-bond acceptors (Lipinski definition) is 5. The van der Waals surface area contributed by atoms with Crippen molar-refractivity contribution in [1.82, 2.24) is 15.5 Å². The first-order chi connectivity index (χ1) is 11.1. The zero-order chi connectivity index (χ0) is 16.7. The average molecular weight is 333 g/mol. The largest absolute Gasteiger partial charge is 0.352 e. The number of anilines is 1. The average Bonchev–Trinajstić information content (AvgIpc) is 2.98. The molecule has 0 bridgehead atoms. The molecular formula is C15H19N5O2S. The van der Waals surface area contributed by atoms with Crippen molar-refractivity contribution >= 4 is 28.4 Å². The predicted molar refractivity (Wildman–Crippen MR) is 89.3 cm³/mol. The van der Waals surface area contributed by atoms with Gasteiger partial charge in [0.1, 0.15) is 5.01 Å². The molecule has 0 aliphatic rings. The highest BCUT2D eigenvalue weighted by Crippen LogP contribution is 2.18. The molecule has 122 valence electrons. The van der Waals surface area contributed by atoms with Crippen LogP contribution in [0.2, 0.25) is 0 Å².